The van der Waals surface area contributed by atoms with Crippen LogP contribution in [0.2, 0.25) is 0 Å². The van der Waals surface area contributed by atoms with Gasteiger partial charge in [0.15, 0.2) is 5.78 Å². The SMILES string of the molecule is O=C1CCCC1C(=O)c1cc(F)cc(Br)c1Br. The van der Waals surface area contributed by atoms with Crippen molar-refractivity contribution >= 4 is 43.4 Å². The number of hydrogen-bond acceptors (Lipinski definition) is 2. The highest BCUT2D eigenvalue weighted by Crippen LogP contribution is 2.32. The molecule has 0 N–H and O–H groups in total. The van der Waals surface area contributed by atoms with Gasteiger partial charge in [-0.15, -0.1) is 0 Å². The second-order valence-electron chi connectivity index (χ2n) is 4.02. The van der Waals surface area contributed by atoms with E-state index >= 15 is 0 Å². The van der Waals surface area contributed by atoms with Crippen molar-refractivity contribution in [3.8, 4) is 0 Å². The minimum Gasteiger partial charge on any atom is -0.299 e. The topological polar surface area (TPSA) is 34.1 Å². The molecule has 0 aromatic heterocycles. The molecule has 0 bridgehead atoms. The van der Waals surface area contributed by atoms with Gasteiger partial charge in [0.2, 0.25) is 0 Å². The third-order valence-electron chi connectivity index (χ3n) is 2.88. The zero-order valence-electron chi connectivity index (χ0n) is 8.80. The highest BCUT2D eigenvalue weighted by atomic mass is 79.9. The van der Waals surface area contributed by atoms with Crippen LogP contribution < -0.4 is 0 Å². The summed E-state index contributed by atoms with van der Waals surface area (Å²) in [5.74, 6) is -1.42. The number of benzene rings is 1. The van der Waals surface area contributed by atoms with Crippen LogP contribution in [-0.2, 0) is 4.79 Å². The Kier molecular flexibility index (Phi) is 3.78. The first-order valence-electron chi connectivity index (χ1n) is 5.22. The van der Waals surface area contributed by atoms with Gasteiger partial charge in [-0.2, -0.15) is 0 Å². The summed E-state index contributed by atoms with van der Waals surface area (Å²) in [6.07, 6.45) is 1.76. The highest BCUT2D eigenvalue weighted by Gasteiger charge is 2.32. The molecule has 2 rings (SSSR count). The Labute approximate surface area is 115 Å². The molecule has 0 saturated heterocycles. The zero-order chi connectivity index (χ0) is 12.6. The molecule has 17 heavy (non-hydrogen) atoms. The summed E-state index contributed by atoms with van der Waals surface area (Å²) in [6.45, 7) is 0. The molecule has 1 unspecified atom stereocenters. The van der Waals surface area contributed by atoms with Crippen molar-refractivity contribution in [1.29, 1.82) is 0 Å². The summed E-state index contributed by atoms with van der Waals surface area (Å²) in [5.41, 5.74) is 0.233. The largest absolute Gasteiger partial charge is 0.299 e. The molecule has 1 atom stereocenters. The molecule has 0 aliphatic heterocycles. The van der Waals surface area contributed by atoms with E-state index in [-0.39, 0.29) is 17.1 Å². The highest BCUT2D eigenvalue weighted by molar-refractivity contribution is 9.13. The maximum atomic E-state index is 13.3. The normalized spacial score (nSPS) is 19.7. The van der Waals surface area contributed by atoms with Gasteiger partial charge in [0.1, 0.15) is 11.6 Å². The molecule has 0 radical (unpaired) electrons. The van der Waals surface area contributed by atoms with Crippen LogP contribution in [-0.4, -0.2) is 11.6 Å². The molecule has 1 aliphatic carbocycles. The van der Waals surface area contributed by atoms with Crippen molar-refractivity contribution in [1.82, 2.24) is 0 Å². The first-order chi connectivity index (χ1) is 8.00. The van der Waals surface area contributed by atoms with Gasteiger partial charge in [0.05, 0.1) is 5.92 Å². The number of carbonyl (C=O) groups excluding carboxylic acids is 2. The quantitative estimate of drug-likeness (QED) is 0.453. The number of carbonyl (C=O) groups is 2. The van der Waals surface area contributed by atoms with Crippen LogP contribution >= 0.6 is 31.9 Å². The first-order valence-corrected chi connectivity index (χ1v) is 6.81. The monoisotopic (exact) mass is 362 g/mol. The fourth-order valence-electron chi connectivity index (χ4n) is 2.02. The summed E-state index contributed by atoms with van der Waals surface area (Å²) in [7, 11) is 0. The van der Waals surface area contributed by atoms with Crippen molar-refractivity contribution in [2.45, 2.75) is 19.3 Å². The molecular weight excluding hydrogens is 355 g/mol. The minimum atomic E-state index is -0.597. The van der Waals surface area contributed by atoms with Gasteiger partial charge in [0, 0.05) is 20.9 Å². The zero-order valence-corrected chi connectivity index (χ0v) is 12.0. The smallest absolute Gasteiger partial charge is 0.174 e. The van der Waals surface area contributed by atoms with E-state index in [0.29, 0.717) is 21.8 Å². The molecule has 1 saturated carbocycles. The third kappa shape index (κ3) is 2.50. The van der Waals surface area contributed by atoms with Crippen LogP contribution in [0, 0.1) is 11.7 Å². The van der Waals surface area contributed by atoms with Crippen molar-refractivity contribution in [2.75, 3.05) is 0 Å². The van der Waals surface area contributed by atoms with Crippen molar-refractivity contribution in [3.63, 3.8) is 0 Å². The average Bonchev–Trinajstić information content (AvgIpc) is 2.69. The second kappa shape index (κ2) is 4.98. The molecule has 90 valence electrons. The maximum absolute atomic E-state index is 13.3. The van der Waals surface area contributed by atoms with Crippen molar-refractivity contribution in [2.24, 2.45) is 5.92 Å². The van der Waals surface area contributed by atoms with Crippen LogP contribution in [0.5, 0.6) is 0 Å². The predicted octanol–water partition coefficient (Wildman–Crippen LogP) is 3.90. The lowest BCUT2D eigenvalue weighted by Gasteiger charge is -2.10. The fraction of sp³-hybridized carbons (Fsp3) is 0.333. The molecule has 0 amide bonds. The van der Waals surface area contributed by atoms with Gasteiger partial charge in [0.25, 0.3) is 0 Å². The number of halogens is 3. The predicted molar refractivity (Wildman–Crippen MR) is 68.5 cm³/mol. The molecule has 5 heteroatoms. The van der Waals surface area contributed by atoms with Gasteiger partial charge in [-0.05, 0) is 56.8 Å². The van der Waals surface area contributed by atoms with Gasteiger partial charge in [-0.3, -0.25) is 9.59 Å². The van der Waals surface area contributed by atoms with Crippen molar-refractivity contribution in [3.05, 3.63) is 32.5 Å². The Bertz CT molecular complexity index is 500. The summed E-state index contributed by atoms with van der Waals surface area (Å²) < 4.78 is 14.2. The summed E-state index contributed by atoms with van der Waals surface area (Å²) >= 11 is 6.40. The molecule has 2 nitrogen and oxygen atoms in total. The number of hydrogen-bond donors (Lipinski definition) is 0. The van der Waals surface area contributed by atoms with E-state index in [9.17, 15) is 14.0 Å². The molecular formula is C12H9Br2FO2. The first kappa shape index (κ1) is 12.9. The third-order valence-corrected chi connectivity index (χ3v) is 4.89. The lowest BCUT2D eigenvalue weighted by molar-refractivity contribution is -0.119. The van der Waals surface area contributed by atoms with E-state index in [1.807, 2.05) is 0 Å². The Balaban J connectivity index is 2.40. The summed E-state index contributed by atoms with van der Waals surface area (Å²) in [6, 6.07) is 2.44. The average molecular weight is 364 g/mol. The molecule has 1 aliphatic rings. The van der Waals surface area contributed by atoms with Gasteiger partial charge in [-0.25, -0.2) is 4.39 Å². The molecule has 1 fully saturated rings. The summed E-state index contributed by atoms with van der Waals surface area (Å²) in [4.78, 5) is 23.7. The molecule has 1 aromatic carbocycles. The Morgan fingerprint density at radius 3 is 2.65 bits per heavy atom. The second-order valence-corrected chi connectivity index (χ2v) is 5.67. The van der Waals surface area contributed by atoms with Gasteiger partial charge in [-0.1, -0.05) is 0 Å². The number of Topliss-reactive ketones (excluding diaryl/α,β-unsaturated/α-hetero) is 2. The Morgan fingerprint density at radius 2 is 2.06 bits per heavy atom. The summed E-state index contributed by atoms with van der Waals surface area (Å²) in [5, 5.41) is 0. The van der Waals surface area contributed by atoms with E-state index in [1.54, 1.807) is 0 Å². The standard InChI is InChI=1S/C12H9Br2FO2/c13-9-5-6(15)4-8(11(9)14)12(17)7-2-1-3-10(7)16/h4-5,7H,1-3H2. The molecule has 1 aromatic rings. The van der Waals surface area contributed by atoms with Crippen LogP contribution in [0.4, 0.5) is 4.39 Å². The van der Waals surface area contributed by atoms with E-state index in [0.717, 1.165) is 6.42 Å². The molecule has 0 heterocycles. The van der Waals surface area contributed by atoms with Crippen LogP contribution in [0.15, 0.2) is 21.1 Å². The van der Waals surface area contributed by atoms with Crippen LogP contribution in [0.25, 0.3) is 0 Å². The maximum Gasteiger partial charge on any atom is 0.174 e. The lowest BCUT2D eigenvalue weighted by atomic mass is 9.95. The number of ketones is 2. The van der Waals surface area contributed by atoms with E-state index in [1.165, 1.54) is 12.1 Å². The molecule has 0 spiro atoms. The van der Waals surface area contributed by atoms with E-state index < -0.39 is 11.7 Å². The minimum absolute atomic E-state index is 0.0396. The van der Waals surface area contributed by atoms with Gasteiger partial charge < -0.3 is 0 Å². The van der Waals surface area contributed by atoms with Crippen LogP contribution in [0.1, 0.15) is 29.6 Å². The fourth-order valence-corrected chi connectivity index (χ4v) is 2.87. The Hall–Kier alpha value is -0.550. The van der Waals surface area contributed by atoms with Gasteiger partial charge >= 0.3 is 0 Å². The van der Waals surface area contributed by atoms with Crippen LogP contribution in [0.3, 0.4) is 0 Å². The van der Waals surface area contributed by atoms with E-state index in [2.05, 4.69) is 31.9 Å². The number of rotatable bonds is 2. The lowest BCUT2D eigenvalue weighted by Crippen LogP contribution is -2.19. The van der Waals surface area contributed by atoms with Crippen molar-refractivity contribution < 1.29 is 14.0 Å². The van der Waals surface area contributed by atoms with E-state index in [4.69, 9.17) is 0 Å². The Morgan fingerprint density at radius 1 is 1.35 bits per heavy atom.